The first-order valence-corrected chi connectivity index (χ1v) is 7.68. The van der Waals surface area contributed by atoms with Gasteiger partial charge in [-0.2, -0.15) is 0 Å². The molecule has 3 nitrogen and oxygen atoms in total. The van der Waals surface area contributed by atoms with Crippen molar-refractivity contribution in [2.75, 3.05) is 20.7 Å². The predicted molar refractivity (Wildman–Crippen MR) is 82.1 cm³/mol. The van der Waals surface area contributed by atoms with Crippen molar-refractivity contribution in [3.8, 4) is 5.75 Å². The van der Waals surface area contributed by atoms with Crippen molar-refractivity contribution in [1.82, 2.24) is 4.90 Å². The summed E-state index contributed by atoms with van der Waals surface area (Å²) in [5.74, 6) is 0.883. The van der Waals surface area contributed by atoms with Crippen LogP contribution in [0.15, 0.2) is 24.3 Å². The lowest BCUT2D eigenvalue weighted by Crippen LogP contribution is -2.46. The molecule has 0 aromatic heterocycles. The Kier molecular flexibility index (Phi) is 5.06. The van der Waals surface area contributed by atoms with E-state index >= 15 is 0 Å². The van der Waals surface area contributed by atoms with E-state index in [1.165, 1.54) is 12.8 Å². The molecule has 112 valence electrons. The fourth-order valence-corrected chi connectivity index (χ4v) is 3.23. The second-order valence-electron chi connectivity index (χ2n) is 6.03. The maximum atomic E-state index is 10.8. The standard InChI is InChI=1S/C17H27NO2/c1-4-13-20-15-9-7-14(8-10-15)16(19)17(18(2)3)11-5-6-12-17/h7-10,16,19H,4-6,11-13H2,1-3H3. The van der Waals surface area contributed by atoms with Gasteiger partial charge in [0.05, 0.1) is 18.2 Å². The minimum Gasteiger partial charge on any atom is -0.494 e. The molecular weight excluding hydrogens is 250 g/mol. The van der Waals surface area contributed by atoms with Crippen molar-refractivity contribution < 1.29 is 9.84 Å². The maximum absolute atomic E-state index is 10.8. The summed E-state index contributed by atoms with van der Waals surface area (Å²) in [5, 5.41) is 10.8. The molecule has 1 aromatic rings. The Balaban J connectivity index is 2.13. The van der Waals surface area contributed by atoms with Crippen LogP contribution in [0.4, 0.5) is 0 Å². The molecule has 1 atom stereocenters. The van der Waals surface area contributed by atoms with E-state index in [0.29, 0.717) is 0 Å². The second-order valence-corrected chi connectivity index (χ2v) is 6.03. The van der Waals surface area contributed by atoms with Gasteiger partial charge in [-0.25, -0.2) is 0 Å². The highest BCUT2D eigenvalue weighted by Gasteiger charge is 2.43. The Bertz CT molecular complexity index is 408. The number of nitrogens with zero attached hydrogens (tertiary/aromatic N) is 1. The van der Waals surface area contributed by atoms with Gasteiger partial charge < -0.3 is 14.7 Å². The van der Waals surface area contributed by atoms with E-state index in [2.05, 4.69) is 25.9 Å². The molecule has 0 saturated heterocycles. The number of rotatable bonds is 6. The molecule has 0 bridgehead atoms. The number of ether oxygens (including phenoxy) is 1. The van der Waals surface area contributed by atoms with E-state index in [4.69, 9.17) is 4.74 Å². The number of aliphatic hydroxyl groups is 1. The molecule has 20 heavy (non-hydrogen) atoms. The Morgan fingerprint density at radius 1 is 1.20 bits per heavy atom. The van der Waals surface area contributed by atoms with E-state index < -0.39 is 6.10 Å². The van der Waals surface area contributed by atoms with Crippen LogP contribution in [0.2, 0.25) is 0 Å². The van der Waals surface area contributed by atoms with E-state index in [-0.39, 0.29) is 5.54 Å². The first-order chi connectivity index (χ1) is 9.60. The third-order valence-corrected chi connectivity index (χ3v) is 4.54. The van der Waals surface area contributed by atoms with E-state index in [9.17, 15) is 5.11 Å². The van der Waals surface area contributed by atoms with Crippen molar-refractivity contribution in [3.05, 3.63) is 29.8 Å². The van der Waals surface area contributed by atoms with Gasteiger partial charge in [-0.05, 0) is 51.1 Å². The van der Waals surface area contributed by atoms with Crippen molar-refractivity contribution in [2.24, 2.45) is 0 Å². The Morgan fingerprint density at radius 3 is 2.30 bits per heavy atom. The van der Waals surface area contributed by atoms with Gasteiger partial charge in [0, 0.05) is 0 Å². The SMILES string of the molecule is CCCOc1ccc(C(O)C2(N(C)C)CCCC2)cc1. The van der Waals surface area contributed by atoms with E-state index in [1.54, 1.807) is 0 Å². The zero-order valence-electron chi connectivity index (χ0n) is 12.9. The summed E-state index contributed by atoms with van der Waals surface area (Å²) in [7, 11) is 4.15. The molecule has 0 spiro atoms. The van der Waals surface area contributed by atoms with Gasteiger partial charge in [-0.3, -0.25) is 0 Å². The smallest absolute Gasteiger partial charge is 0.119 e. The lowest BCUT2D eigenvalue weighted by molar-refractivity contribution is -0.00477. The molecule has 1 aliphatic carbocycles. The third-order valence-electron chi connectivity index (χ3n) is 4.54. The Morgan fingerprint density at radius 2 is 1.80 bits per heavy atom. The minimum absolute atomic E-state index is 0.105. The number of aliphatic hydroxyl groups excluding tert-OH is 1. The van der Waals surface area contributed by atoms with E-state index in [1.807, 2.05) is 24.3 Å². The van der Waals surface area contributed by atoms with Crippen molar-refractivity contribution in [1.29, 1.82) is 0 Å². The molecule has 0 aliphatic heterocycles. The van der Waals surface area contributed by atoms with Gasteiger partial charge >= 0.3 is 0 Å². The first-order valence-electron chi connectivity index (χ1n) is 7.68. The van der Waals surface area contributed by atoms with E-state index in [0.717, 1.165) is 37.2 Å². The molecule has 1 saturated carbocycles. The molecule has 2 rings (SSSR count). The summed E-state index contributed by atoms with van der Waals surface area (Å²) in [5.41, 5.74) is 0.885. The highest BCUT2D eigenvalue weighted by Crippen LogP contribution is 2.43. The lowest BCUT2D eigenvalue weighted by Gasteiger charge is -2.40. The van der Waals surface area contributed by atoms with Crippen LogP contribution < -0.4 is 4.74 Å². The van der Waals surface area contributed by atoms with Crippen LogP contribution in [0.5, 0.6) is 5.75 Å². The summed E-state index contributed by atoms with van der Waals surface area (Å²) < 4.78 is 5.60. The second kappa shape index (κ2) is 6.59. The summed E-state index contributed by atoms with van der Waals surface area (Å²) in [4.78, 5) is 2.20. The average molecular weight is 277 g/mol. The number of benzene rings is 1. The molecule has 3 heteroatoms. The van der Waals surface area contributed by atoms with Gasteiger partial charge in [0.15, 0.2) is 0 Å². The first kappa shape index (κ1) is 15.3. The normalized spacial score (nSPS) is 19.2. The summed E-state index contributed by atoms with van der Waals surface area (Å²) in [6.45, 7) is 2.84. The van der Waals surface area contributed by atoms with Crippen LogP contribution in [0.1, 0.15) is 50.7 Å². The molecule has 1 aromatic carbocycles. The van der Waals surface area contributed by atoms with Gasteiger partial charge in [-0.1, -0.05) is 31.9 Å². The molecule has 1 N–H and O–H groups in total. The zero-order valence-corrected chi connectivity index (χ0v) is 12.9. The molecule has 0 heterocycles. The van der Waals surface area contributed by atoms with Crippen molar-refractivity contribution >= 4 is 0 Å². The number of hydrogen-bond acceptors (Lipinski definition) is 3. The molecule has 1 aliphatic rings. The number of hydrogen-bond donors (Lipinski definition) is 1. The van der Waals surface area contributed by atoms with Crippen molar-refractivity contribution in [3.63, 3.8) is 0 Å². The van der Waals surface area contributed by atoms with Crippen LogP contribution in [-0.2, 0) is 0 Å². The highest BCUT2D eigenvalue weighted by atomic mass is 16.5. The fourth-order valence-electron chi connectivity index (χ4n) is 3.23. The summed E-state index contributed by atoms with van der Waals surface area (Å²) in [6.07, 6.45) is 5.11. The number of likely N-dealkylation sites (N-methyl/N-ethyl adjacent to an activating group) is 1. The highest BCUT2D eigenvalue weighted by molar-refractivity contribution is 5.30. The Hall–Kier alpha value is -1.06. The van der Waals surface area contributed by atoms with Gasteiger partial charge in [0.25, 0.3) is 0 Å². The van der Waals surface area contributed by atoms with Crippen LogP contribution in [-0.4, -0.2) is 36.2 Å². The van der Waals surface area contributed by atoms with Gasteiger partial charge in [0.1, 0.15) is 5.75 Å². The molecular formula is C17H27NO2. The zero-order chi connectivity index (χ0) is 14.6. The van der Waals surface area contributed by atoms with Crippen LogP contribution in [0, 0.1) is 0 Å². The van der Waals surface area contributed by atoms with Gasteiger partial charge in [0.2, 0.25) is 0 Å². The topological polar surface area (TPSA) is 32.7 Å². The third kappa shape index (κ3) is 2.99. The van der Waals surface area contributed by atoms with Crippen LogP contribution >= 0.6 is 0 Å². The molecule has 0 amide bonds. The Labute approximate surface area is 122 Å². The lowest BCUT2D eigenvalue weighted by atomic mass is 9.85. The molecule has 0 radical (unpaired) electrons. The molecule has 1 unspecified atom stereocenters. The summed E-state index contributed by atoms with van der Waals surface area (Å²) >= 11 is 0. The average Bonchev–Trinajstić information content (AvgIpc) is 2.96. The fraction of sp³-hybridized carbons (Fsp3) is 0.647. The van der Waals surface area contributed by atoms with Crippen LogP contribution in [0.25, 0.3) is 0 Å². The predicted octanol–water partition coefficient (Wildman–Crippen LogP) is 3.38. The van der Waals surface area contributed by atoms with Gasteiger partial charge in [-0.15, -0.1) is 0 Å². The molecule has 1 fully saturated rings. The minimum atomic E-state index is -0.430. The maximum Gasteiger partial charge on any atom is 0.119 e. The van der Waals surface area contributed by atoms with Crippen LogP contribution in [0.3, 0.4) is 0 Å². The summed E-state index contributed by atoms with van der Waals surface area (Å²) in [6, 6.07) is 7.93. The van der Waals surface area contributed by atoms with Crippen molar-refractivity contribution in [2.45, 2.75) is 50.7 Å². The largest absolute Gasteiger partial charge is 0.494 e. The monoisotopic (exact) mass is 277 g/mol. The quantitative estimate of drug-likeness (QED) is 0.865.